The summed E-state index contributed by atoms with van der Waals surface area (Å²) in [6.07, 6.45) is 1.08. The van der Waals surface area contributed by atoms with E-state index in [1.165, 1.54) is 11.1 Å². The summed E-state index contributed by atoms with van der Waals surface area (Å²) < 4.78 is 5.37. The molecule has 1 rings (SSSR count). The Morgan fingerprint density at radius 3 is 2.18 bits per heavy atom. The zero-order valence-electron chi connectivity index (χ0n) is 11.5. The lowest BCUT2D eigenvalue weighted by atomic mass is 10.1. The largest absolute Gasteiger partial charge is 0.377 e. The predicted molar refractivity (Wildman–Crippen MR) is 73.2 cm³/mol. The van der Waals surface area contributed by atoms with Crippen molar-refractivity contribution in [1.29, 1.82) is 0 Å². The topological polar surface area (TPSA) is 21.3 Å². The van der Waals surface area contributed by atoms with Crippen molar-refractivity contribution in [1.82, 2.24) is 5.32 Å². The van der Waals surface area contributed by atoms with Gasteiger partial charge in [0.2, 0.25) is 0 Å². The van der Waals surface area contributed by atoms with Crippen molar-refractivity contribution in [2.45, 2.75) is 46.3 Å². The molecule has 0 bridgehead atoms. The maximum Gasteiger partial charge on any atom is 0.0716 e. The minimum absolute atomic E-state index is 0.203. The van der Waals surface area contributed by atoms with E-state index in [0.29, 0.717) is 0 Å². The maximum absolute atomic E-state index is 5.37. The molecule has 0 unspecified atom stereocenters. The van der Waals surface area contributed by atoms with Gasteiger partial charge >= 0.3 is 0 Å². The van der Waals surface area contributed by atoms with Crippen molar-refractivity contribution in [2.75, 3.05) is 13.2 Å². The van der Waals surface area contributed by atoms with Gasteiger partial charge in [-0.3, -0.25) is 0 Å². The van der Waals surface area contributed by atoms with Crippen LogP contribution in [0.4, 0.5) is 0 Å². The lowest BCUT2D eigenvalue weighted by molar-refractivity contribution is 0.134. The maximum atomic E-state index is 5.37. The van der Waals surface area contributed by atoms with Gasteiger partial charge in [0.1, 0.15) is 0 Å². The molecule has 0 amide bonds. The lowest BCUT2D eigenvalue weighted by Gasteiger charge is -2.20. The van der Waals surface area contributed by atoms with E-state index in [2.05, 4.69) is 50.4 Å². The summed E-state index contributed by atoms with van der Waals surface area (Å²) in [6.45, 7) is 11.1. The summed E-state index contributed by atoms with van der Waals surface area (Å²) in [5, 5.41) is 3.49. The van der Waals surface area contributed by atoms with E-state index in [1.54, 1.807) is 0 Å². The van der Waals surface area contributed by atoms with Crippen LogP contribution in [0.1, 0.15) is 38.8 Å². The van der Waals surface area contributed by atoms with E-state index in [0.717, 1.165) is 26.2 Å². The number of benzene rings is 1. The zero-order valence-corrected chi connectivity index (χ0v) is 11.5. The van der Waals surface area contributed by atoms with Crippen molar-refractivity contribution in [3.05, 3.63) is 35.4 Å². The second kappa shape index (κ2) is 6.77. The lowest BCUT2D eigenvalue weighted by Crippen LogP contribution is -2.37. The molecule has 0 aliphatic heterocycles. The van der Waals surface area contributed by atoms with Gasteiger partial charge in [0, 0.05) is 12.1 Å². The third-order valence-electron chi connectivity index (χ3n) is 2.56. The summed E-state index contributed by atoms with van der Waals surface area (Å²) in [7, 11) is 0. The predicted octanol–water partition coefficient (Wildman–Crippen LogP) is 3.15. The van der Waals surface area contributed by atoms with E-state index in [1.807, 2.05) is 6.92 Å². The smallest absolute Gasteiger partial charge is 0.0716 e. The second-order valence-corrected chi connectivity index (χ2v) is 5.38. The average Bonchev–Trinajstić information content (AvgIpc) is 2.26. The molecule has 2 nitrogen and oxygen atoms in total. The Morgan fingerprint density at radius 1 is 1.06 bits per heavy atom. The molecule has 0 spiro atoms. The highest BCUT2D eigenvalue weighted by Gasteiger charge is 2.07. The van der Waals surface area contributed by atoms with E-state index in [9.17, 15) is 0 Å². The van der Waals surface area contributed by atoms with Gasteiger partial charge in [-0.1, -0.05) is 24.3 Å². The molecule has 0 heterocycles. The molecular formula is C15H25NO. The molecule has 0 aliphatic rings. The average molecular weight is 235 g/mol. The fraction of sp³-hybridized carbons (Fsp3) is 0.600. The molecular weight excluding hydrogens is 210 g/mol. The van der Waals surface area contributed by atoms with Gasteiger partial charge in [-0.2, -0.15) is 0 Å². The number of ether oxygens (including phenoxy) is 1. The fourth-order valence-electron chi connectivity index (χ4n) is 1.60. The first-order valence-corrected chi connectivity index (χ1v) is 6.42. The first-order valence-electron chi connectivity index (χ1n) is 6.42. The quantitative estimate of drug-likeness (QED) is 0.818. The van der Waals surface area contributed by atoms with Gasteiger partial charge in [-0.05, 0) is 51.8 Å². The SMILES string of the molecule is CCOCc1ccc(CCNC(C)(C)C)cc1. The second-order valence-electron chi connectivity index (χ2n) is 5.38. The Bertz CT molecular complexity index is 311. The molecule has 17 heavy (non-hydrogen) atoms. The molecule has 0 atom stereocenters. The van der Waals surface area contributed by atoms with Crippen molar-refractivity contribution in [2.24, 2.45) is 0 Å². The van der Waals surface area contributed by atoms with Crippen LogP contribution in [0.5, 0.6) is 0 Å². The Labute approximate surface area is 105 Å². The van der Waals surface area contributed by atoms with E-state index < -0.39 is 0 Å². The normalized spacial score (nSPS) is 11.8. The first-order chi connectivity index (χ1) is 8.01. The Kier molecular flexibility index (Phi) is 5.66. The van der Waals surface area contributed by atoms with Crippen LogP contribution in [0, 0.1) is 0 Å². The Hall–Kier alpha value is -0.860. The van der Waals surface area contributed by atoms with Crippen molar-refractivity contribution in [3.63, 3.8) is 0 Å². The molecule has 96 valence electrons. The standard InChI is InChI=1S/C15H25NO/c1-5-17-12-14-8-6-13(7-9-14)10-11-16-15(2,3)4/h6-9,16H,5,10-12H2,1-4H3. The summed E-state index contributed by atoms with van der Waals surface area (Å²) in [4.78, 5) is 0. The minimum Gasteiger partial charge on any atom is -0.377 e. The Balaban J connectivity index is 2.35. The Morgan fingerprint density at radius 2 is 1.65 bits per heavy atom. The third kappa shape index (κ3) is 6.44. The van der Waals surface area contributed by atoms with E-state index in [-0.39, 0.29) is 5.54 Å². The molecule has 1 N–H and O–H groups in total. The van der Waals surface area contributed by atoms with Gasteiger partial charge in [0.05, 0.1) is 6.61 Å². The van der Waals surface area contributed by atoms with Gasteiger partial charge in [0.25, 0.3) is 0 Å². The molecule has 1 aromatic rings. The number of hydrogen-bond donors (Lipinski definition) is 1. The molecule has 0 saturated carbocycles. The van der Waals surface area contributed by atoms with Crippen LogP contribution in [0.3, 0.4) is 0 Å². The zero-order chi connectivity index (χ0) is 12.7. The third-order valence-corrected chi connectivity index (χ3v) is 2.56. The van der Waals surface area contributed by atoms with Crippen LogP contribution in [0.15, 0.2) is 24.3 Å². The highest BCUT2D eigenvalue weighted by Crippen LogP contribution is 2.07. The molecule has 1 aromatic carbocycles. The van der Waals surface area contributed by atoms with Crippen LogP contribution in [0.25, 0.3) is 0 Å². The summed E-state index contributed by atoms with van der Waals surface area (Å²) in [5.41, 5.74) is 2.83. The van der Waals surface area contributed by atoms with Crippen molar-refractivity contribution < 1.29 is 4.74 Å². The number of nitrogens with one attached hydrogen (secondary N) is 1. The molecule has 2 heteroatoms. The number of rotatable bonds is 6. The van der Waals surface area contributed by atoms with E-state index in [4.69, 9.17) is 4.74 Å². The van der Waals surface area contributed by atoms with Crippen LogP contribution in [-0.4, -0.2) is 18.7 Å². The van der Waals surface area contributed by atoms with Crippen LogP contribution < -0.4 is 5.32 Å². The minimum atomic E-state index is 0.203. The highest BCUT2D eigenvalue weighted by molar-refractivity contribution is 5.22. The number of hydrogen-bond acceptors (Lipinski definition) is 2. The van der Waals surface area contributed by atoms with Crippen molar-refractivity contribution >= 4 is 0 Å². The molecule has 0 fully saturated rings. The summed E-state index contributed by atoms with van der Waals surface area (Å²) >= 11 is 0. The van der Waals surface area contributed by atoms with Gasteiger partial charge in [-0.15, -0.1) is 0 Å². The van der Waals surface area contributed by atoms with Gasteiger partial charge in [0.15, 0.2) is 0 Å². The van der Waals surface area contributed by atoms with Gasteiger partial charge in [-0.25, -0.2) is 0 Å². The van der Waals surface area contributed by atoms with Crippen molar-refractivity contribution in [3.8, 4) is 0 Å². The fourth-order valence-corrected chi connectivity index (χ4v) is 1.60. The van der Waals surface area contributed by atoms with E-state index >= 15 is 0 Å². The first kappa shape index (κ1) is 14.2. The molecule has 0 aliphatic carbocycles. The monoisotopic (exact) mass is 235 g/mol. The molecule has 0 radical (unpaired) electrons. The molecule has 0 saturated heterocycles. The van der Waals surface area contributed by atoms with Gasteiger partial charge < -0.3 is 10.1 Å². The van der Waals surface area contributed by atoms with Crippen LogP contribution in [-0.2, 0) is 17.8 Å². The molecule has 0 aromatic heterocycles. The van der Waals surface area contributed by atoms with Crippen LogP contribution >= 0.6 is 0 Å². The highest BCUT2D eigenvalue weighted by atomic mass is 16.5. The summed E-state index contributed by atoms with van der Waals surface area (Å²) in [5.74, 6) is 0. The summed E-state index contributed by atoms with van der Waals surface area (Å²) in [6, 6.07) is 8.70. The van der Waals surface area contributed by atoms with Crippen LogP contribution in [0.2, 0.25) is 0 Å².